The molecule has 0 aromatic heterocycles. The molecule has 106 valence electrons. The molecule has 0 atom stereocenters. The Morgan fingerprint density at radius 2 is 2.00 bits per heavy atom. The first-order chi connectivity index (χ1) is 8.98. The molecule has 0 spiro atoms. The van der Waals surface area contributed by atoms with Gasteiger partial charge in [0.2, 0.25) is 0 Å². The van der Waals surface area contributed by atoms with Gasteiger partial charge in [0.1, 0.15) is 5.75 Å². The number of hydrogen-bond donors (Lipinski definition) is 0. The number of halogens is 1. The highest BCUT2D eigenvalue weighted by Gasteiger charge is 2.26. The molecule has 0 aliphatic heterocycles. The summed E-state index contributed by atoms with van der Waals surface area (Å²) in [5.41, 5.74) is 0.875. The highest BCUT2D eigenvalue weighted by atomic mass is 79.9. The van der Waals surface area contributed by atoms with E-state index in [2.05, 4.69) is 29.8 Å². The van der Waals surface area contributed by atoms with Crippen LogP contribution in [0.2, 0.25) is 0 Å². The van der Waals surface area contributed by atoms with Crippen molar-refractivity contribution in [1.29, 1.82) is 0 Å². The molecule has 1 aromatic carbocycles. The Labute approximate surface area is 122 Å². The minimum Gasteiger partial charge on any atom is -0.493 e. The molecule has 1 rings (SSSR count). The first kappa shape index (κ1) is 16.0. The number of rotatable bonds is 7. The van der Waals surface area contributed by atoms with E-state index < -0.39 is 0 Å². The van der Waals surface area contributed by atoms with E-state index in [0.29, 0.717) is 17.9 Å². The van der Waals surface area contributed by atoms with Crippen molar-refractivity contribution in [3.8, 4) is 5.75 Å². The van der Waals surface area contributed by atoms with Crippen molar-refractivity contribution >= 4 is 21.6 Å². The lowest BCUT2D eigenvalue weighted by Gasteiger charge is -2.29. The minimum atomic E-state index is -0.375. The van der Waals surface area contributed by atoms with Gasteiger partial charge in [0.25, 0.3) is 5.69 Å². The number of aryl methyl sites for hydroxylation is 1. The lowest BCUT2D eigenvalue weighted by Crippen LogP contribution is -2.29. The van der Waals surface area contributed by atoms with Gasteiger partial charge in [0.15, 0.2) is 0 Å². The molecule has 0 fully saturated rings. The maximum atomic E-state index is 10.7. The SMILES string of the molecule is CCC(CC)(CBr)COc1ccc([N+](=O)[O-])c(C)c1. The molecule has 1 aromatic rings. The van der Waals surface area contributed by atoms with Crippen LogP contribution in [0.1, 0.15) is 32.3 Å². The van der Waals surface area contributed by atoms with Gasteiger partial charge in [-0.3, -0.25) is 10.1 Å². The van der Waals surface area contributed by atoms with Crippen molar-refractivity contribution in [1.82, 2.24) is 0 Å². The Bertz CT molecular complexity index is 436. The maximum Gasteiger partial charge on any atom is 0.272 e. The van der Waals surface area contributed by atoms with Crippen LogP contribution in [0.15, 0.2) is 18.2 Å². The standard InChI is InChI=1S/C14H20BrNO3/c1-4-14(5-2,9-15)10-19-12-6-7-13(16(17)18)11(3)8-12/h6-8H,4-5,9-10H2,1-3H3. The Morgan fingerprint density at radius 3 is 2.42 bits per heavy atom. The highest BCUT2D eigenvalue weighted by molar-refractivity contribution is 9.09. The van der Waals surface area contributed by atoms with Gasteiger partial charge in [0.05, 0.1) is 11.5 Å². The summed E-state index contributed by atoms with van der Waals surface area (Å²) in [7, 11) is 0. The second kappa shape index (κ2) is 6.89. The number of alkyl halides is 1. The third kappa shape index (κ3) is 3.93. The second-order valence-corrected chi connectivity index (χ2v) is 5.40. The van der Waals surface area contributed by atoms with Crippen LogP contribution in [0.4, 0.5) is 5.69 Å². The molecule has 0 N–H and O–H groups in total. The van der Waals surface area contributed by atoms with Crippen molar-refractivity contribution in [2.24, 2.45) is 5.41 Å². The lowest BCUT2D eigenvalue weighted by atomic mass is 9.86. The average Bonchev–Trinajstić information content (AvgIpc) is 2.40. The van der Waals surface area contributed by atoms with Crippen molar-refractivity contribution in [2.75, 3.05) is 11.9 Å². The molecule has 0 amide bonds. The van der Waals surface area contributed by atoms with E-state index in [9.17, 15) is 10.1 Å². The van der Waals surface area contributed by atoms with Gasteiger partial charge in [-0.2, -0.15) is 0 Å². The molecule has 0 radical (unpaired) electrons. The van der Waals surface area contributed by atoms with Crippen molar-refractivity contribution in [2.45, 2.75) is 33.6 Å². The Morgan fingerprint density at radius 1 is 1.37 bits per heavy atom. The zero-order valence-corrected chi connectivity index (χ0v) is 13.2. The number of hydrogen-bond acceptors (Lipinski definition) is 3. The molecule has 0 saturated heterocycles. The van der Waals surface area contributed by atoms with Crippen LogP contribution in [0.3, 0.4) is 0 Å². The quantitative estimate of drug-likeness (QED) is 0.421. The smallest absolute Gasteiger partial charge is 0.272 e. The first-order valence-corrected chi connectivity index (χ1v) is 7.54. The van der Waals surface area contributed by atoms with E-state index in [1.165, 1.54) is 6.07 Å². The van der Waals surface area contributed by atoms with Crippen LogP contribution in [0, 0.1) is 22.5 Å². The predicted molar refractivity (Wildman–Crippen MR) is 80.1 cm³/mol. The zero-order chi connectivity index (χ0) is 14.5. The van der Waals surface area contributed by atoms with E-state index in [-0.39, 0.29) is 16.0 Å². The van der Waals surface area contributed by atoms with Crippen molar-refractivity contribution in [3.63, 3.8) is 0 Å². The molecule has 0 aliphatic carbocycles. The first-order valence-electron chi connectivity index (χ1n) is 6.42. The van der Waals surface area contributed by atoms with E-state index in [4.69, 9.17) is 4.74 Å². The summed E-state index contributed by atoms with van der Waals surface area (Å²) in [6.07, 6.45) is 2.06. The van der Waals surface area contributed by atoms with Crippen LogP contribution in [-0.2, 0) is 0 Å². The van der Waals surface area contributed by atoms with Crippen LogP contribution < -0.4 is 4.74 Å². The average molecular weight is 330 g/mol. The topological polar surface area (TPSA) is 52.4 Å². The maximum absolute atomic E-state index is 10.7. The molecule has 4 nitrogen and oxygen atoms in total. The van der Waals surface area contributed by atoms with Crippen LogP contribution in [0.5, 0.6) is 5.75 Å². The molecule has 0 bridgehead atoms. The van der Waals surface area contributed by atoms with Gasteiger partial charge < -0.3 is 4.74 Å². The minimum absolute atomic E-state index is 0.121. The van der Waals surface area contributed by atoms with Gasteiger partial charge in [-0.25, -0.2) is 0 Å². The van der Waals surface area contributed by atoms with E-state index in [1.807, 2.05) is 0 Å². The van der Waals surface area contributed by atoms with Gasteiger partial charge in [-0.15, -0.1) is 0 Å². The van der Waals surface area contributed by atoms with Gasteiger partial charge in [-0.1, -0.05) is 29.8 Å². The zero-order valence-electron chi connectivity index (χ0n) is 11.6. The van der Waals surface area contributed by atoms with E-state index >= 15 is 0 Å². The number of nitrogens with zero attached hydrogens (tertiary/aromatic N) is 1. The molecule has 0 heterocycles. The van der Waals surface area contributed by atoms with Crippen LogP contribution >= 0.6 is 15.9 Å². The number of nitro benzene ring substituents is 1. The molecule has 0 aliphatic rings. The van der Waals surface area contributed by atoms with Gasteiger partial charge in [-0.05, 0) is 31.9 Å². The van der Waals surface area contributed by atoms with E-state index in [1.54, 1.807) is 19.1 Å². The summed E-state index contributed by atoms with van der Waals surface area (Å²) in [6.45, 7) is 6.63. The highest BCUT2D eigenvalue weighted by Crippen LogP contribution is 2.31. The lowest BCUT2D eigenvalue weighted by molar-refractivity contribution is -0.385. The molecule has 0 unspecified atom stereocenters. The van der Waals surface area contributed by atoms with Gasteiger partial charge >= 0.3 is 0 Å². The molecular formula is C14H20BrNO3. The molecular weight excluding hydrogens is 310 g/mol. The Hall–Kier alpha value is -1.10. The Kier molecular flexibility index (Phi) is 5.79. The summed E-state index contributed by atoms with van der Waals surface area (Å²) >= 11 is 3.54. The van der Waals surface area contributed by atoms with Crippen LogP contribution in [-0.4, -0.2) is 16.9 Å². The summed E-state index contributed by atoms with van der Waals surface area (Å²) in [4.78, 5) is 10.4. The second-order valence-electron chi connectivity index (χ2n) is 4.83. The van der Waals surface area contributed by atoms with Crippen LogP contribution in [0.25, 0.3) is 0 Å². The number of benzene rings is 1. The van der Waals surface area contributed by atoms with Gasteiger partial charge in [0, 0.05) is 22.4 Å². The summed E-state index contributed by atoms with van der Waals surface area (Å²) < 4.78 is 5.81. The number of ether oxygens (including phenoxy) is 1. The monoisotopic (exact) mass is 329 g/mol. The fourth-order valence-corrected chi connectivity index (χ4v) is 2.80. The molecule has 5 heteroatoms. The van der Waals surface area contributed by atoms with Crippen molar-refractivity contribution < 1.29 is 9.66 Å². The fourth-order valence-electron chi connectivity index (χ4n) is 1.84. The summed E-state index contributed by atoms with van der Waals surface area (Å²) in [5, 5.41) is 11.6. The molecule has 0 saturated carbocycles. The van der Waals surface area contributed by atoms with E-state index in [0.717, 1.165) is 18.2 Å². The normalized spacial score (nSPS) is 11.4. The largest absolute Gasteiger partial charge is 0.493 e. The van der Waals surface area contributed by atoms with Crippen molar-refractivity contribution in [3.05, 3.63) is 33.9 Å². The third-order valence-corrected chi connectivity index (χ3v) is 4.88. The number of nitro groups is 1. The summed E-state index contributed by atoms with van der Waals surface area (Å²) in [6, 6.07) is 4.89. The summed E-state index contributed by atoms with van der Waals surface area (Å²) in [5.74, 6) is 0.690. The Balaban J connectivity index is 2.78. The third-order valence-electron chi connectivity index (χ3n) is 3.69. The molecule has 19 heavy (non-hydrogen) atoms. The predicted octanol–water partition coefficient (Wildman–Crippen LogP) is 4.48. The fraction of sp³-hybridized carbons (Fsp3) is 0.571.